The third-order valence-corrected chi connectivity index (χ3v) is 1.91. The Bertz CT molecular complexity index is 486. The highest BCUT2D eigenvalue weighted by atomic mass is 35.5. The number of amides is 1. The van der Waals surface area contributed by atoms with Gasteiger partial charge >= 0.3 is 6.09 Å². The van der Waals surface area contributed by atoms with Crippen molar-refractivity contribution in [1.82, 2.24) is 15.3 Å². The van der Waals surface area contributed by atoms with Gasteiger partial charge in [0.2, 0.25) is 0 Å². The van der Waals surface area contributed by atoms with Crippen LogP contribution < -0.4 is 5.32 Å². The van der Waals surface area contributed by atoms with Gasteiger partial charge in [0.1, 0.15) is 17.1 Å². The maximum Gasteiger partial charge on any atom is 0.408 e. The molecule has 0 unspecified atom stereocenters. The second-order valence-electron chi connectivity index (χ2n) is 4.38. The van der Waals surface area contributed by atoms with Crippen molar-refractivity contribution in [2.45, 2.75) is 26.4 Å². The first-order valence-electron chi connectivity index (χ1n) is 5.30. The summed E-state index contributed by atoms with van der Waals surface area (Å²) in [7, 11) is 0. The van der Waals surface area contributed by atoms with Crippen molar-refractivity contribution in [2.75, 3.05) is 6.54 Å². The summed E-state index contributed by atoms with van der Waals surface area (Å²) in [6.45, 7) is 5.54. The van der Waals surface area contributed by atoms with Crippen LogP contribution >= 0.6 is 11.6 Å². The Hall–Kier alpha value is -1.80. The summed E-state index contributed by atoms with van der Waals surface area (Å²) >= 11 is 5.79. The zero-order chi connectivity index (χ0) is 13.6. The molecule has 0 saturated carbocycles. The highest BCUT2D eigenvalue weighted by molar-refractivity contribution is 6.30. The molecule has 1 aromatic heterocycles. The number of rotatable bonds is 1. The maximum atomic E-state index is 11.3. The highest BCUT2D eigenvalue weighted by Gasteiger charge is 2.14. The normalized spacial score (nSPS) is 10.2. The van der Waals surface area contributed by atoms with Crippen LogP contribution in [0.3, 0.4) is 0 Å². The van der Waals surface area contributed by atoms with E-state index in [-0.39, 0.29) is 11.7 Å². The van der Waals surface area contributed by atoms with Gasteiger partial charge in [0.15, 0.2) is 0 Å². The van der Waals surface area contributed by atoms with E-state index in [4.69, 9.17) is 16.3 Å². The van der Waals surface area contributed by atoms with E-state index in [0.29, 0.717) is 5.56 Å². The molecule has 1 aromatic rings. The lowest BCUT2D eigenvalue weighted by Gasteiger charge is -2.18. The molecular weight excluding hydrogens is 254 g/mol. The van der Waals surface area contributed by atoms with E-state index < -0.39 is 11.7 Å². The number of carbonyl (C=O) groups excluding carboxylic acids is 1. The highest BCUT2D eigenvalue weighted by Crippen LogP contribution is 2.07. The summed E-state index contributed by atoms with van der Waals surface area (Å²) in [5.41, 5.74) is -0.00109. The Morgan fingerprint density at radius 1 is 1.56 bits per heavy atom. The predicted octanol–water partition coefficient (Wildman–Crippen LogP) is 2.01. The molecule has 0 aliphatic rings. The Kier molecular flexibility index (Phi) is 4.93. The molecule has 1 rings (SSSR count). The molecule has 1 N–H and O–H groups in total. The number of hydrogen-bond acceptors (Lipinski definition) is 4. The Morgan fingerprint density at radius 2 is 2.28 bits per heavy atom. The number of hydrogen-bond donors (Lipinski definition) is 1. The van der Waals surface area contributed by atoms with Gasteiger partial charge in [-0.05, 0) is 20.8 Å². The van der Waals surface area contributed by atoms with Gasteiger partial charge in [-0.15, -0.1) is 0 Å². The van der Waals surface area contributed by atoms with E-state index in [1.165, 1.54) is 12.5 Å². The van der Waals surface area contributed by atoms with Crippen molar-refractivity contribution >= 4 is 17.7 Å². The summed E-state index contributed by atoms with van der Waals surface area (Å²) < 4.78 is 5.05. The summed E-state index contributed by atoms with van der Waals surface area (Å²) in [6.07, 6.45) is 2.34. The van der Waals surface area contributed by atoms with Gasteiger partial charge < -0.3 is 10.1 Å². The fourth-order valence-electron chi connectivity index (χ4n) is 0.969. The number of aromatic nitrogens is 2. The van der Waals surface area contributed by atoms with Gasteiger partial charge in [0, 0.05) is 6.20 Å². The van der Waals surface area contributed by atoms with Crippen LogP contribution in [-0.4, -0.2) is 28.2 Å². The smallest absolute Gasteiger partial charge is 0.408 e. The van der Waals surface area contributed by atoms with Gasteiger partial charge in [-0.25, -0.2) is 14.8 Å². The minimum absolute atomic E-state index is 0.167. The third kappa shape index (κ3) is 5.51. The fraction of sp³-hybridized carbons (Fsp3) is 0.417. The van der Waals surface area contributed by atoms with E-state index in [9.17, 15) is 4.79 Å². The molecule has 0 radical (unpaired) electrons. The minimum atomic E-state index is -0.520. The molecule has 0 aliphatic heterocycles. The second kappa shape index (κ2) is 6.22. The SMILES string of the molecule is CC(C)(C)OC(=O)NCC#Cc1cncnc1Cl. The molecule has 0 spiro atoms. The predicted molar refractivity (Wildman–Crippen MR) is 68.2 cm³/mol. The quantitative estimate of drug-likeness (QED) is 0.624. The lowest BCUT2D eigenvalue weighted by atomic mass is 10.2. The molecular formula is C12H14ClN3O2. The Morgan fingerprint density at radius 3 is 2.89 bits per heavy atom. The van der Waals surface area contributed by atoms with Crippen molar-refractivity contribution in [3.63, 3.8) is 0 Å². The zero-order valence-electron chi connectivity index (χ0n) is 10.5. The lowest BCUT2D eigenvalue weighted by molar-refractivity contribution is 0.0535. The van der Waals surface area contributed by atoms with Crippen LogP contribution in [0, 0.1) is 11.8 Å². The van der Waals surface area contributed by atoms with Crippen molar-refractivity contribution in [3.05, 3.63) is 23.2 Å². The van der Waals surface area contributed by atoms with Crippen LogP contribution in [-0.2, 0) is 4.74 Å². The largest absolute Gasteiger partial charge is 0.444 e. The number of halogens is 1. The van der Waals surface area contributed by atoms with Gasteiger partial charge in [-0.3, -0.25) is 0 Å². The van der Waals surface area contributed by atoms with E-state index in [2.05, 4.69) is 27.1 Å². The molecule has 96 valence electrons. The lowest BCUT2D eigenvalue weighted by Crippen LogP contribution is -2.32. The van der Waals surface area contributed by atoms with Crippen molar-refractivity contribution in [1.29, 1.82) is 0 Å². The summed E-state index contributed by atoms with van der Waals surface area (Å²) in [4.78, 5) is 18.9. The number of nitrogens with zero attached hydrogens (tertiary/aromatic N) is 2. The minimum Gasteiger partial charge on any atom is -0.444 e. The van der Waals surface area contributed by atoms with Crippen LogP contribution in [0.5, 0.6) is 0 Å². The second-order valence-corrected chi connectivity index (χ2v) is 4.74. The molecule has 5 nitrogen and oxygen atoms in total. The topological polar surface area (TPSA) is 64.1 Å². The summed E-state index contributed by atoms with van der Waals surface area (Å²) in [5, 5.41) is 2.80. The molecule has 0 saturated heterocycles. The first-order chi connectivity index (χ1) is 8.38. The number of alkyl carbamates (subject to hydrolysis) is 1. The van der Waals surface area contributed by atoms with Gasteiger partial charge in [0.05, 0.1) is 12.1 Å². The molecule has 6 heteroatoms. The average molecular weight is 268 g/mol. The summed E-state index contributed by atoms with van der Waals surface area (Å²) in [6, 6.07) is 0. The van der Waals surface area contributed by atoms with E-state index in [1.807, 2.05) is 0 Å². The van der Waals surface area contributed by atoms with E-state index >= 15 is 0 Å². The van der Waals surface area contributed by atoms with Gasteiger partial charge in [-0.1, -0.05) is 23.4 Å². The van der Waals surface area contributed by atoms with Crippen LogP contribution in [0.1, 0.15) is 26.3 Å². The third-order valence-electron chi connectivity index (χ3n) is 1.61. The fourth-order valence-corrected chi connectivity index (χ4v) is 1.11. The molecule has 18 heavy (non-hydrogen) atoms. The van der Waals surface area contributed by atoms with Crippen molar-refractivity contribution < 1.29 is 9.53 Å². The number of ether oxygens (including phenoxy) is 1. The summed E-state index contributed by atoms with van der Waals surface area (Å²) in [5.74, 6) is 5.49. The van der Waals surface area contributed by atoms with Crippen molar-refractivity contribution in [3.8, 4) is 11.8 Å². The zero-order valence-corrected chi connectivity index (χ0v) is 11.2. The Labute approximate surface area is 111 Å². The van der Waals surface area contributed by atoms with Crippen LogP contribution in [0.4, 0.5) is 4.79 Å². The molecule has 0 atom stereocenters. The molecule has 0 aliphatic carbocycles. The first kappa shape index (κ1) is 14.3. The standard InChI is InChI=1S/C12H14ClN3O2/c1-12(2,3)18-11(17)15-6-4-5-9-7-14-8-16-10(9)13/h7-8H,6H2,1-3H3,(H,15,17). The number of nitrogens with one attached hydrogen (secondary N) is 1. The van der Waals surface area contributed by atoms with E-state index in [1.54, 1.807) is 20.8 Å². The van der Waals surface area contributed by atoms with Crippen LogP contribution in [0.25, 0.3) is 0 Å². The molecule has 0 bridgehead atoms. The molecule has 1 heterocycles. The Balaban J connectivity index is 2.44. The van der Waals surface area contributed by atoms with Gasteiger partial charge in [-0.2, -0.15) is 0 Å². The van der Waals surface area contributed by atoms with E-state index in [0.717, 1.165) is 0 Å². The first-order valence-corrected chi connectivity index (χ1v) is 5.67. The molecule has 0 fully saturated rings. The molecule has 1 amide bonds. The average Bonchev–Trinajstić information content (AvgIpc) is 2.24. The number of carbonyl (C=O) groups is 1. The monoisotopic (exact) mass is 267 g/mol. The van der Waals surface area contributed by atoms with Crippen LogP contribution in [0.2, 0.25) is 5.15 Å². The van der Waals surface area contributed by atoms with Crippen LogP contribution in [0.15, 0.2) is 12.5 Å². The van der Waals surface area contributed by atoms with Crippen molar-refractivity contribution in [2.24, 2.45) is 0 Å². The maximum absolute atomic E-state index is 11.3. The molecule has 0 aromatic carbocycles. The van der Waals surface area contributed by atoms with Gasteiger partial charge in [0.25, 0.3) is 0 Å².